The second kappa shape index (κ2) is 9.52. The zero-order valence-electron chi connectivity index (χ0n) is 18.2. The van der Waals surface area contributed by atoms with Crippen molar-refractivity contribution < 1.29 is 9.53 Å². The Balaban J connectivity index is 1.55. The fourth-order valence-corrected chi connectivity index (χ4v) is 4.82. The zero-order chi connectivity index (χ0) is 20.9. The average Bonchev–Trinajstić information content (AvgIpc) is 2.80. The average molecular weight is 408 g/mol. The van der Waals surface area contributed by atoms with Gasteiger partial charge < -0.3 is 15.0 Å². The number of ether oxygens (including phenoxy) is 1. The van der Waals surface area contributed by atoms with E-state index in [4.69, 9.17) is 4.74 Å². The number of likely N-dealkylation sites (tertiary alicyclic amines) is 1. The van der Waals surface area contributed by atoms with Crippen molar-refractivity contribution in [3.63, 3.8) is 0 Å². The molecule has 2 aliphatic heterocycles. The van der Waals surface area contributed by atoms with Crippen LogP contribution in [-0.4, -0.2) is 51.1 Å². The third kappa shape index (κ3) is 4.46. The van der Waals surface area contributed by atoms with Crippen molar-refractivity contribution in [2.75, 3.05) is 45.2 Å². The summed E-state index contributed by atoms with van der Waals surface area (Å²) in [6.45, 7) is 3.90. The van der Waals surface area contributed by atoms with Gasteiger partial charge in [0.1, 0.15) is 5.75 Å². The number of para-hydroxylation sites is 1. The zero-order valence-corrected chi connectivity index (χ0v) is 18.2. The summed E-state index contributed by atoms with van der Waals surface area (Å²) in [5, 5.41) is 3.19. The first kappa shape index (κ1) is 20.7. The van der Waals surface area contributed by atoms with Crippen LogP contribution in [0.2, 0.25) is 0 Å². The van der Waals surface area contributed by atoms with Crippen LogP contribution in [0.4, 0.5) is 5.69 Å². The van der Waals surface area contributed by atoms with Gasteiger partial charge in [-0.05, 0) is 68.1 Å². The summed E-state index contributed by atoms with van der Waals surface area (Å²) < 4.78 is 5.37. The molecule has 0 unspecified atom stereocenters. The normalized spacial score (nSPS) is 17.9. The first-order valence-corrected chi connectivity index (χ1v) is 11.2. The van der Waals surface area contributed by atoms with Gasteiger partial charge in [0.15, 0.2) is 0 Å². The van der Waals surface area contributed by atoms with Gasteiger partial charge in [-0.2, -0.15) is 0 Å². The molecular formula is C25H33N3O2. The maximum Gasteiger partial charge on any atom is 0.255 e. The number of nitrogens with zero attached hydrogens (tertiary/aromatic N) is 2. The van der Waals surface area contributed by atoms with Gasteiger partial charge in [0.2, 0.25) is 0 Å². The molecule has 2 aromatic carbocycles. The minimum absolute atomic E-state index is 0.0767. The number of aryl methyl sites for hydroxylation is 1. The summed E-state index contributed by atoms with van der Waals surface area (Å²) in [6.07, 6.45) is 6.08. The SMILES string of the molecule is COc1ccccc1C(=O)NC[C@H](c1ccc2c(c1)CCCN2C)N1CCCCC1. The second-order valence-electron chi connectivity index (χ2n) is 8.44. The monoisotopic (exact) mass is 407 g/mol. The Morgan fingerprint density at radius 2 is 1.87 bits per heavy atom. The molecule has 2 heterocycles. The quantitative estimate of drug-likeness (QED) is 0.785. The number of carbonyl (C=O) groups excluding carboxylic acids is 1. The number of amides is 1. The number of hydrogen-bond acceptors (Lipinski definition) is 4. The molecule has 1 fully saturated rings. The fourth-order valence-electron chi connectivity index (χ4n) is 4.82. The lowest BCUT2D eigenvalue weighted by atomic mass is 9.95. The third-order valence-electron chi connectivity index (χ3n) is 6.48. The third-order valence-corrected chi connectivity index (χ3v) is 6.48. The Labute approximate surface area is 180 Å². The molecule has 1 N–H and O–H groups in total. The molecule has 1 amide bonds. The van der Waals surface area contributed by atoms with Crippen molar-refractivity contribution in [1.82, 2.24) is 10.2 Å². The number of nitrogens with one attached hydrogen (secondary N) is 1. The molecule has 0 saturated carbocycles. The number of anilines is 1. The van der Waals surface area contributed by atoms with E-state index >= 15 is 0 Å². The molecule has 0 spiro atoms. The lowest BCUT2D eigenvalue weighted by Gasteiger charge is -2.36. The van der Waals surface area contributed by atoms with Gasteiger partial charge >= 0.3 is 0 Å². The summed E-state index contributed by atoms with van der Waals surface area (Å²) in [5.41, 5.74) is 4.68. The standard InChI is InChI=1S/C25H33N3O2/c1-27-14-8-9-19-17-20(12-13-22(19)27)23(28-15-6-3-7-16-28)18-26-25(29)21-10-4-5-11-24(21)30-2/h4-5,10-13,17,23H,3,6-9,14-16,18H2,1-2H3,(H,26,29)/t23-/m1/s1. The van der Waals surface area contributed by atoms with Crippen LogP contribution in [0.15, 0.2) is 42.5 Å². The van der Waals surface area contributed by atoms with E-state index in [-0.39, 0.29) is 11.9 Å². The summed E-state index contributed by atoms with van der Waals surface area (Å²) in [7, 11) is 3.78. The van der Waals surface area contributed by atoms with E-state index in [1.807, 2.05) is 24.3 Å². The van der Waals surface area contributed by atoms with Crippen molar-refractivity contribution in [2.45, 2.75) is 38.1 Å². The molecule has 1 atom stereocenters. The molecule has 5 heteroatoms. The van der Waals surface area contributed by atoms with Gasteiger partial charge in [0.05, 0.1) is 18.7 Å². The molecule has 4 rings (SSSR count). The molecule has 1 saturated heterocycles. The van der Waals surface area contributed by atoms with Gasteiger partial charge in [-0.25, -0.2) is 0 Å². The summed E-state index contributed by atoms with van der Waals surface area (Å²) in [5.74, 6) is 0.536. The minimum atomic E-state index is -0.0767. The number of fused-ring (bicyclic) bond motifs is 1. The van der Waals surface area contributed by atoms with E-state index in [0.29, 0.717) is 17.9 Å². The molecule has 0 bridgehead atoms. The van der Waals surface area contributed by atoms with Crippen LogP contribution in [0.1, 0.15) is 53.2 Å². The topological polar surface area (TPSA) is 44.8 Å². The van der Waals surface area contributed by atoms with E-state index in [0.717, 1.165) is 26.1 Å². The van der Waals surface area contributed by atoms with Gasteiger partial charge in [0.25, 0.3) is 5.91 Å². The van der Waals surface area contributed by atoms with E-state index in [1.54, 1.807) is 7.11 Å². The molecule has 30 heavy (non-hydrogen) atoms. The first-order valence-electron chi connectivity index (χ1n) is 11.2. The number of methoxy groups -OCH3 is 1. The molecule has 160 valence electrons. The maximum atomic E-state index is 12.9. The van der Waals surface area contributed by atoms with E-state index in [2.05, 4.69) is 40.4 Å². The number of benzene rings is 2. The Morgan fingerprint density at radius 1 is 1.07 bits per heavy atom. The number of hydrogen-bond donors (Lipinski definition) is 1. The molecule has 2 aliphatic rings. The number of carbonyl (C=O) groups is 1. The van der Waals surface area contributed by atoms with Crippen molar-refractivity contribution in [3.8, 4) is 5.75 Å². The predicted octanol–water partition coefficient (Wildman–Crippen LogP) is 4.03. The molecule has 5 nitrogen and oxygen atoms in total. The van der Waals surface area contributed by atoms with Crippen LogP contribution >= 0.6 is 0 Å². The van der Waals surface area contributed by atoms with E-state index < -0.39 is 0 Å². The molecule has 0 aromatic heterocycles. The molecule has 0 aliphatic carbocycles. The van der Waals surface area contributed by atoms with Crippen molar-refractivity contribution >= 4 is 11.6 Å². The summed E-state index contributed by atoms with van der Waals surface area (Å²) in [4.78, 5) is 17.8. The Hall–Kier alpha value is -2.53. The van der Waals surface area contributed by atoms with Crippen LogP contribution in [0.5, 0.6) is 5.75 Å². The van der Waals surface area contributed by atoms with Crippen LogP contribution < -0.4 is 15.0 Å². The highest BCUT2D eigenvalue weighted by molar-refractivity contribution is 5.96. The second-order valence-corrected chi connectivity index (χ2v) is 8.44. The highest BCUT2D eigenvalue weighted by Crippen LogP contribution is 2.31. The van der Waals surface area contributed by atoms with E-state index in [9.17, 15) is 4.79 Å². The van der Waals surface area contributed by atoms with Crippen molar-refractivity contribution in [1.29, 1.82) is 0 Å². The number of rotatable bonds is 6. The Morgan fingerprint density at radius 3 is 2.67 bits per heavy atom. The maximum absolute atomic E-state index is 12.9. The van der Waals surface area contributed by atoms with Crippen molar-refractivity contribution in [2.24, 2.45) is 0 Å². The summed E-state index contributed by atoms with van der Waals surface area (Å²) in [6, 6.07) is 14.5. The van der Waals surface area contributed by atoms with Crippen molar-refractivity contribution in [3.05, 3.63) is 59.2 Å². The smallest absolute Gasteiger partial charge is 0.255 e. The Kier molecular flexibility index (Phi) is 6.58. The van der Waals surface area contributed by atoms with E-state index in [1.165, 1.54) is 42.5 Å². The Bertz CT molecular complexity index is 876. The lowest BCUT2D eigenvalue weighted by molar-refractivity contribution is 0.0921. The highest BCUT2D eigenvalue weighted by Gasteiger charge is 2.25. The van der Waals surface area contributed by atoms with Crippen LogP contribution in [0.3, 0.4) is 0 Å². The molecular weight excluding hydrogens is 374 g/mol. The highest BCUT2D eigenvalue weighted by atomic mass is 16.5. The largest absolute Gasteiger partial charge is 0.496 e. The predicted molar refractivity (Wildman–Crippen MR) is 122 cm³/mol. The van der Waals surface area contributed by atoms with Gasteiger partial charge in [-0.15, -0.1) is 0 Å². The lowest BCUT2D eigenvalue weighted by Crippen LogP contribution is -2.40. The van der Waals surface area contributed by atoms with Crippen LogP contribution in [-0.2, 0) is 6.42 Å². The molecule has 0 radical (unpaired) electrons. The summed E-state index contributed by atoms with van der Waals surface area (Å²) >= 11 is 0. The first-order chi connectivity index (χ1) is 14.7. The van der Waals surface area contributed by atoms with Crippen LogP contribution in [0, 0.1) is 0 Å². The minimum Gasteiger partial charge on any atom is -0.496 e. The van der Waals surface area contributed by atoms with Gasteiger partial charge in [0, 0.05) is 25.8 Å². The fraction of sp³-hybridized carbons (Fsp3) is 0.480. The van der Waals surface area contributed by atoms with Gasteiger partial charge in [-0.3, -0.25) is 9.69 Å². The molecule has 2 aromatic rings. The van der Waals surface area contributed by atoms with Gasteiger partial charge in [-0.1, -0.05) is 30.7 Å². The van der Waals surface area contributed by atoms with Crippen LogP contribution in [0.25, 0.3) is 0 Å². The number of piperidine rings is 1.